The first-order valence-corrected chi connectivity index (χ1v) is 5.79. The van der Waals surface area contributed by atoms with Crippen molar-refractivity contribution in [1.29, 1.82) is 0 Å². The van der Waals surface area contributed by atoms with Crippen LogP contribution in [0.1, 0.15) is 20.8 Å². The average Bonchev–Trinajstić information content (AvgIpc) is 2.15. The predicted molar refractivity (Wildman–Crippen MR) is 68.6 cm³/mol. The molecule has 0 amide bonds. The minimum atomic E-state index is 0.278. The van der Waals surface area contributed by atoms with E-state index in [1.54, 1.807) is 7.11 Å². The SMILES string of the molecule is COc1cc(NCC(C)(C)C)ccc1Br. The highest BCUT2D eigenvalue weighted by atomic mass is 79.9. The molecule has 1 rings (SSSR count). The van der Waals surface area contributed by atoms with Crippen LogP contribution in [0.3, 0.4) is 0 Å². The molecule has 3 heteroatoms. The van der Waals surface area contributed by atoms with E-state index in [0.717, 1.165) is 22.5 Å². The molecule has 0 heterocycles. The summed E-state index contributed by atoms with van der Waals surface area (Å²) in [4.78, 5) is 0. The molecule has 1 aromatic rings. The zero-order chi connectivity index (χ0) is 11.5. The van der Waals surface area contributed by atoms with E-state index in [0.29, 0.717) is 0 Å². The summed E-state index contributed by atoms with van der Waals surface area (Å²) in [5.41, 5.74) is 1.37. The van der Waals surface area contributed by atoms with Crippen LogP contribution in [0.2, 0.25) is 0 Å². The van der Waals surface area contributed by atoms with E-state index in [4.69, 9.17) is 4.74 Å². The van der Waals surface area contributed by atoms with Crippen molar-refractivity contribution in [2.45, 2.75) is 20.8 Å². The fraction of sp³-hybridized carbons (Fsp3) is 0.500. The van der Waals surface area contributed by atoms with Crippen LogP contribution in [0.25, 0.3) is 0 Å². The van der Waals surface area contributed by atoms with Crippen LogP contribution in [0.4, 0.5) is 5.69 Å². The average molecular weight is 272 g/mol. The Bertz CT molecular complexity index is 331. The van der Waals surface area contributed by atoms with Crippen LogP contribution in [0.15, 0.2) is 22.7 Å². The minimum Gasteiger partial charge on any atom is -0.495 e. The van der Waals surface area contributed by atoms with Gasteiger partial charge in [-0.3, -0.25) is 0 Å². The Morgan fingerprint density at radius 3 is 2.53 bits per heavy atom. The van der Waals surface area contributed by atoms with Gasteiger partial charge < -0.3 is 10.1 Å². The maximum Gasteiger partial charge on any atom is 0.135 e. The van der Waals surface area contributed by atoms with Crippen molar-refractivity contribution >= 4 is 21.6 Å². The minimum absolute atomic E-state index is 0.278. The zero-order valence-corrected chi connectivity index (χ0v) is 11.3. The highest BCUT2D eigenvalue weighted by Crippen LogP contribution is 2.28. The summed E-state index contributed by atoms with van der Waals surface area (Å²) in [6.07, 6.45) is 0. The van der Waals surface area contributed by atoms with Gasteiger partial charge in [0.25, 0.3) is 0 Å². The third-order valence-electron chi connectivity index (χ3n) is 1.97. The van der Waals surface area contributed by atoms with Crippen molar-refractivity contribution in [3.63, 3.8) is 0 Å². The van der Waals surface area contributed by atoms with Crippen LogP contribution < -0.4 is 10.1 Å². The maximum absolute atomic E-state index is 5.23. The fourth-order valence-electron chi connectivity index (χ4n) is 1.14. The van der Waals surface area contributed by atoms with E-state index in [1.807, 2.05) is 18.2 Å². The molecule has 0 saturated heterocycles. The Hall–Kier alpha value is -0.700. The lowest BCUT2D eigenvalue weighted by molar-refractivity contribution is 0.412. The van der Waals surface area contributed by atoms with E-state index >= 15 is 0 Å². The number of hydrogen-bond acceptors (Lipinski definition) is 2. The Morgan fingerprint density at radius 1 is 1.33 bits per heavy atom. The standard InChI is InChI=1S/C12H18BrNO/c1-12(2,3)8-14-9-5-6-10(13)11(7-9)15-4/h5-7,14H,8H2,1-4H3. The first kappa shape index (κ1) is 12.4. The lowest BCUT2D eigenvalue weighted by Gasteiger charge is -2.20. The van der Waals surface area contributed by atoms with Gasteiger partial charge in [0.1, 0.15) is 5.75 Å². The van der Waals surface area contributed by atoms with Crippen molar-refractivity contribution in [2.75, 3.05) is 19.0 Å². The number of benzene rings is 1. The molecule has 0 aromatic heterocycles. The summed E-state index contributed by atoms with van der Waals surface area (Å²) in [6, 6.07) is 6.03. The second-order valence-corrected chi connectivity index (χ2v) is 5.62. The predicted octanol–water partition coefficient (Wildman–Crippen LogP) is 3.92. The molecule has 1 N–H and O–H groups in total. The fourth-order valence-corrected chi connectivity index (χ4v) is 1.55. The molecular weight excluding hydrogens is 254 g/mol. The quantitative estimate of drug-likeness (QED) is 0.900. The van der Waals surface area contributed by atoms with Gasteiger partial charge in [-0.1, -0.05) is 20.8 Å². The van der Waals surface area contributed by atoms with Crippen molar-refractivity contribution in [1.82, 2.24) is 0 Å². The van der Waals surface area contributed by atoms with Crippen molar-refractivity contribution in [3.05, 3.63) is 22.7 Å². The number of halogens is 1. The number of rotatable bonds is 3. The molecule has 0 unspecified atom stereocenters. The second-order valence-electron chi connectivity index (χ2n) is 4.76. The summed E-state index contributed by atoms with van der Waals surface area (Å²) in [7, 11) is 1.67. The monoisotopic (exact) mass is 271 g/mol. The van der Waals surface area contributed by atoms with Gasteiger partial charge >= 0.3 is 0 Å². The maximum atomic E-state index is 5.23. The molecule has 0 aliphatic heterocycles. The number of anilines is 1. The molecule has 0 fully saturated rings. The highest BCUT2D eigenvalue weighted by Gasteiger charge is 2.09. The first-order chi connectivity index (χ1) is 6.92. The van der Waals surface area contributed by atoms with Crippen LogP contribution in [-0.2, 0) is 0 Å². The van der Waals surface area contributed by atoms with Crippen LogP contribution in [0, 0.1) is 5.41 Å². The summed E-state index contributed by atoms with van der Waals surface area (Å²) >= 11 is 3.43. The topological polar surface area (TPSA) is 21.3 Å². The number of nitrogens with one attached hydrogen (secondary N) is 1. The Morgan fingerprint density at radius 2 is 2.00 bits per heavy atom. The van der Waals surface area contributed by atoms with Gasteiger partial charge in [0.15, 0.2) is 0 Å². The number of methoxy groups -OCH3 is 1. The highest BCUT2D eigenvalue weighted by molar-refractivity contribution is 9.10. The van der Waals surface area contributed by atoms with E-state index in [1.165, 1.54) is 0 Å². The normalized spacial score (nSPS) is 11.3. The van der Waals surface area contributed by atoms with Gasteiger partial charge in [0.2, 0.25) is 0 Å². The number of ether oxygens (including phenoxy) is 1. The Labute approximate surface area is 100 Å². The van der Waals surface area contributed by atoms with Gasteiger partial charge in [0.05, 0.1) is 11.6 Å². The zero-order valence-electron chi connectivity index (χ0n) is 9.73. The van der Waals surface area contributed by atoms with Crippen LogP contribution in [0.5, 0.6) is 5.75 Å². The van der Waals surface area contributed by atoms with E-state index in [9.17, 15) is 0 Å². The summed E-state index contributed by atoms with van der Waals surface area (Å²) in [6.45, 7) is 7.56. The summed E-state index contributed by atoms with van der Waals surface area (Å²) in [5.74, 6) is 0.855. The Balaban J connectivity index is 2.70. The van der Waals surface area contributed by atoms with E-state index < -0.39 is 0 Å². The van der Waals surface area contributed by atoms with Crippen LogP contribution in [-0.4, -0.2) is 13.7 Å². The van der Waals surface area contributed by atoms with Gasteiger partial charge in [-0.2, -0.15) is 0 Å². The third-order valence-corrected chi connectivity index (χ3v) is 2.63. The second kappa shape index (κ2) is 4.88. The molecule has 15 heavy (non-hydrogen) atoms. The van der Waals surface area contributed by atoms with Crippen molar-refractivity contribution in [2.24, 2.45) is 5.41 Å². The summed E-state index contributed by atoms with van der Waals surface area (Å²) in [5, 5.41) is 3.39. The third kappa shape index (κ3) is 4.12. The molecule has 0 radical (unpaired) electrons. The number of hydrogen-bond donors (Lipinski definition) is 1. The molecular formula is C12H18BrNO. The van der Waals surface area contributed by atoms with Crippen molar-refractivity contribution in [3.8, 4) is 5.75 Å². The summed E-state index contributed by atoms with van der Waals surface area (Å²) < 4.78 is 6.21. The molecule has 0 aliphatic carbocycles. The van der Waals surface area contributed by atoms with Gasteiger partial charge in [0, 0.05) is 18.3 Å². The van der Waals surface area contributed by atoms with Gasteiger partial charge in [-0.05, 0) is 33.5 Å². The molecule has 2 nitrogen and oxygen atoms in total. The molecule has 0 aliphatic rings. The van der Waals surface area contributed by atoms with Gasteiger partial charge in [-0.25, -0.2) is 0 Å². The molecule has 0 saturated carbocycles. The lowest BCUT2D eigenvalue weighted by Crippen LogP contribution is -2.18. The smallest absolute Gasteiger partial charge is 0.135 e. The lowest BCUT2D eigenvalue weighted by atomic mass is 9.97. The van der Waals surface area contributed by atoms with E-state index in [2.05, 4.69) is 42.0 Å². The van der Waals surface area contributed by atoms with Crippen molar-refractivity contribution < 1.29 is 4.74 Å². The first-order valence-electron chi connectivity index (χ1n) is 5.00. The Kier molecular flexibility index (Phi) is 4.03. The molecule has 0 bridgehead atoms. The largest absolute Gasteiger partial charge is 0.495 e. The van der Waals surface area contributed by atoms with Crippen LogP contribution >= 0.6 is 15.9 Å². The van der Waals surface area contributed by atoms with E-state index in [-0.39, 0.29) is 5.41 Å². The van der Waals surface area contributed by atoms with Gasteiger partial charge in [-0.15, -0.1) is 0 Å². The molecule has 0 atom stereocenters. The molecule has 84 valence electrons. The molecule has 0 spiro atoms. The molecule has 1 aromatic carbocycles.